The fourth-order valence-electron chi connectivity index (χ4n) is 1.49. The number of aliphatic hydroxyl groups excluding tert-OH is 1. The van der Waals surface area contributed by atoms with Gasteiger partial charge in [-0.2, -0.15) is 0 Å². The molecule has 0 aromatic heterocycles. The Balaban J connectivity index is 2.13. The van der Waals surface area contributed by atoms with Crippen LogP contribution >= 0.6 is 22.6 Å². The third-order valence-electron chi connectivity index (χ3n) is 2.34. The molecule has 0 aliphatic carbocycles. The fourth-order valence-corrected chi connectivity index (χ4v) is 1.75. The summed E-state index contributed by atoms with van der Waals surface area (Å²) in [7, 11) is 0. The summed E-state index contributed by atoms with van der Waals surface area (Å²) in [5.41, 5.74) is 0. The van der Waals surface area contributed by atoms with Crippen LogP contribution in [0.2, 0.25) is 0 Å². The van der Waals surface area contributed by atoms with Crippen LogP contribution in [0.5, 0.6) is 5.75 Å². The predicted octanol–water partition coefficient (Wildman–Crippen LogP) is 3.01. The molecule has 0 spiro atoms. The molecule has 2 aromatic rings. The van der Waals surface area contributed by atoms with Gasteiger partial charge in [0.1, 0.15) is 12.4 Å². The Kier molecular flexibility index (Phi) is 4.01. The first-order valence-electron chi connectivity index (χ1n) is 5.15. The van der Waals surface area contributed by atoms with Crippen LogP contribution in [0.15, 0.2) is 42.5 Å². The van der Waals surface area contributed by atoms with E-state index in [0.717, 1.165) is 11.1 Å². The van der Waals surface area contributed by atoms with E-state index in [9.17, 15) is 5.11 Å². The van der Waals surface area contributed by atoms with Gasteiger partial charge in [-0.25, -0.2) is 0 Å². The Labute approximate surface area is 108 Å². The Hall–Kier alpha value is -0.810. The summed E-state index contributed by atoms with van der Waals surface area (Å²) >= 11 is 2.14. The molecule has 0 amide bonds. The highest BCUT2D eigenvalue weighted by molar-refractivity contribution is 14.1. The van der Waals surface area contributed by atoms with Crippen molar-refractivity contribution in [2.75, 3.05) is 11.0 Å². The zero-order chi connectivity index (χ0) is 11.4. The van der Waals surface area contributed by atoms with Gasteiger partial charge in [0.15, 0.2) is 0 Å². The Morgan fingerprint density at radius 2 is 1.88 bits per heavy atom. The lowest BCUT2D eigenvalue weighted by molar-refractivity contribution is 0.128. The van der Waals surface area contributed by atoms with E-state index in [2.05, 4.69) is 34.7 Å². The van der Waals surface area contributed by atoms with Crippen LogP contribution in [-0.2, 0) is 0 Å². The minimum atomic E-state index is -0.396. The number of ether oxygens (including phenoxy) is 1. The summed E-state index contributed by atoms with van der Waals surface area (Å²) in [4.78, 5) is 0. The average Bonchev–Trinajstić information content (AvgIpc) is 2.35. The first-order chi connectivity index (χ1) is 7.79. The van der Waals surface area contributed by atoms with Crippen LogP contribution in [0.1, 0.15) is 0 Å². The van der Waals surface area contributed by atoms with Gasteiger partial charge >= 0.3 is 0 Å². The summed E-state index contributed by atoms with van der Waals surface area (Å²) in [6.07, 6.45) is -0.396. The van der Waals surface area contributed by atoms with Crippen LogP contribution in [0, 0.1) is 0 Å². The van der Waals surface area contributed by atoms with Crippen molar-refractivity contribution in [2.45, 2.75) is 6.10 Å². The molecule has 2 nitrogen and oxygen atoms in total. The third kappa shape index (κ3) is 2.86. The summed E-state index contributed by atoms with van der Waals surface area (Å²) < 4.78 is 6.20. The molecule has 0 heterocycles. The number of aliphatic hydroxyl groups is 1. The average molecular weight is 328 g/mol. The van der Waals surface area contributed by atoms with Crippen LogP contribution in [0.25, 0.3) is 10.8 Å². The number of halogens is 1. The first-order valence-corrected chi connectivity index (χ1v) is 6.68. The van der Waals surface area contributed by atoms with Gasteiger partial charge < -0.3 is 9.84 Å². The second-order valence-electron chi connectivity index (χ2n) is 3.63. The minimum Gasteiger partial charge on any atom is -0.491 e. The highest BCUT2D eigenvalue weighted by atomic mass is 127. The summed E-state index contributed by atoms with van der Waals surface area (Å²) in [5.74, 6) is 0.808. The highest BCUT2D eigenvalue weighted by Crippen LogP contribution is 2.20. The maximum absolute atomic E-state index is 9.40. The van der Waals surface area contributed by atoms with Crippen molar-refractivity contribution >= 4 is 33.4 Å². The second kappa shape index (κ2) is 5.50. The molecular weight excluding hydrogens is 315 g/mol. The second-order valence-corrected chi connectivity index (χ2v) is 4.51. The van der Waals surface area contributed by atoms with Gasteiger partial charge in [-0.3, -0.25) is 0 Å². The molecule has 0 radical (unpaired) electrons. The topological polar surface area (TPSA) is 29.5 Å². The third-order valence-corrected chi connectivity index (χ3v) is 3.36. The molecular formula is C13H13IO2. The van der Waals surface area contributed by atoms with Gasteiger partial charge in [0.05, 0.1) is 6.10 Å². The lowest BCUT2D eigenvalue weighted by Crippen LogP contribution is -2.18. The van der Waals surface area contributed by atoms with E-state index >= 15 is 0 Å². The largest absolute Gasteiger partial charge is 0.491 e. The number of rotatable bonds is 4. The Morgan fingerprint density at radius 3 is 2.62 bits per heavy atom. The number of hydrogen-bond acceptors (Lipinski definition) is 2. The maximum atomic E-state index is 9.40. The molecule has 0 fully saturated rings. The van der Waals surface area contributed by atoms with Gasteiger partial charge in [-0.05, 0) is 22.9 Å². The molecule has 0 aliphatic heterocycles. The molecule has 3 heteroatoms. The van der Waals surface area contributed by atoms with E-state index in [1.54, 1.807) is 0 Å². The van der Waals surface area contributed by atoms with Gasteiger partial charge in [-0.15, -0.1) is 0 Å². The van der Waals surface area contributed by atoms with Crippen molar-refractivity contribution in [3.8, 4) is 5.75 Å². The van der Waals surface area contributed by atoms with Crippen molar-refractivity contribution in [3.63, 3.8) is 0 Å². The van der Waals surface area contributed by atoms with Crippen LogP contribution < -0.4 is 4.74 Å². The summed E-state index contributed by atoms with van der Waals surface area (Å²) in [5, 5.41) is 11.8. The van der Waals surface area contributed by atoms with Crippen LogP contribution in [0.3, 0.4) is 0 Å². The summed E-state index contributed by atoms with van der Waals surface area (Å²) in [6.45, 7) is 0.348. The number of benzene rings is 2. The van der Waals surface area contributed by atoms with Crippen LogP contribution in [0.4, 0.5) is 0 Å². The smallest absolute Gasteiger partial charge is 0.120 e. The first kappa shape index (κ1) is 11.7. The molecule has 0 saturated carbocycles. The van der Waals surface area contributed by atoms with Gasteiger partial charge in [0, 0.05) is 4.43 Å². The van der Waals surface area contributed by atoms with Crippen molar-refractivity contribution in [1.29, 1.82) is 0 Å². The maximum Gasteiger partial charge on any atom is 0.120 e. The van der Waals surface area contributed by atoms with E-state index in [0.29, 0.717) is 11.0 Å². The van der Waals surface area contributed by atoms with Gasteiger partial charge in [0.2, 0.25) is 0 Å². The van der Waals surface area contributed by atoms with Gasteiger partial charge in [0.25, 0.3) is 0 Å². The normalized spacial score (nSPS) is 12.6. The van der Waals surface area contributed by atoms with Gasteiger partial charge in [-0.1, -0.05) is 52.9 Å². The SMILES string of the molecule is OC(CI)COc1ccc2ccccc2c1. The quantitative estimate of drug-likeness (QED) is 0.691. The number of alkyl halides is 1. The molecule has 2 rings (SSSR count). The zero-order valence-corrected chi connectivity index (χ0v) is 10.9. The Morgan fingerprint density at radius 1 is 1.12 bits per heavy atom. The van der Waals surface area contributed by atoms with Crippen molar-refractivity contribution < 1.29 is 9.84 Å². The molecule has 1 atom stereocenters. The standard InChI is InChI=1S/C13H13IO2/c14-8-12(15)9-16-13-6-5-10-3-1-2-4-11(10)7-13/h1-7,12,15H,8-9H2. The molecule has 0 saturated heterocycles. The van der Waals surface area contributed by atoms with Crippen molar-refractivity contribution in [3.05, 3.63) is 42.5 Å². The fraction of sp³-hybridized carbons (Fsp3) is 0.231. The highest BCUT2D eigenvalue weighted by Gasteiger charge is 2.03. The lowest BCUT2D eigenvalue weighted by Gasteiger charge is -2.10. The van der Waals surface area contributed by atoms with Crippen molar-refractivity contribution in [1.82, 2.24) is 0 Å². The molecule has 1 N–H and O–H groups in total. The lowest BCUT2D eigenvalue weighted by atomic mass is 10.1. The van der Waals surface area contributed by atoms with E-state index in [1.807, 2.05) is 30.3 Å². The molecule has 2 aromatic carbocycles. The molecule has 0 bridgehead atoms. The predicted molar refractivity (Wildman–Crippen MR) is 74.3 cm³/mol. The molecule has 16 heavy (non-hydrogen) atoms. The monoisotopic (exact) mass is 328 g/mol. The molecule has 1 unspecified atom stereocenters. The number of hydrogen-bond donors (Lipinski definition) is 1. The Bertz CT molecular complexity index is 470. The van der Waals surface area contributed by atoms with Crippen molar-refractivity contribution in [2.24, 2.45) is 0 Å². The number of fused-ring (bicyclic) bond motifs is 1. The van der Waals surface area contributed by atoms with E-state index in [-0.39, 0.29) is 0 Å². The minimum absolute atomic E-state index is 0.348. The molecule has 84 valence electrons. The molecule has 0 aliphatic rings. The van der Waals surface area contributed by atoms with Crippen LogP contribution in [-0.4, -0.2) is 22.2 Å². The van der Waals surface area contributed by atoms with E-state index in [1.165, 1.54) is 5.39 Å². The zero-order valence-electron chi connectivity index (χ0n) is 8.77. The van der Waals surface area contributed by atoms with E-state index in [4.69, 9.17) is 4.74 Å². The van der Waals surface area contributed by atoms with E-state index < -0.39 is 6.10 Å². The summed E-state index contributed by atoms with van der Waals surface area (Å²) in [6, 6.07) is 14.1.